The van der Waals surface area contributed by atoms with Gasteiger partial charge in [-0.2, -0.15) is 8.42 Å². The average Bonchev–Trinajstić information content (AvgIpc) is 2.76. The van der Waals surface area contributed by atoms with Crippen molar-refractivity contribution in [1.29, 1.82) is 0 Å². The Kier molecular flexibility index (Phi) is 3.14. The zero-order valence-corrected chi connectivity index (χ0v) is 10.3. The molecule has 1 fully saturated rings. The molecule has 0 spiro atoms. The van der Waals surface area contributed by atoms with Crippen molar-refractivity contribution in [3.63, 3.8) is 0 Å². The second-order valence-corrected chi connectivity index (χ2v) is 6.12. The third-order valence-corrected chi connectivity index (χ3v) is 4.57. The first-order valence-electron chi connectivity index (χ1n) is 5.46. The number of aliphatic carboxylic acids is 1. The van der Waals surface area contributed by atoms with Gasteiger partial charge in [-0.05, 0) is 0 Å². The predicted octanol–water partition coefficient (Wildman–Crippen LogP) is -0.810. The summed E-state index contributed by atoms with van der Waals surface area (Å²) in [5.41, 5.74) is -0.800. The van der Waals surface area contributed by atoms with Crippen LogP contribution < -0.4 is 5.32 Å². The van der Waals surface area contributed by atoms with E-state index in [2.05, 4.69) is 0 Å². The largest absolute Gasteiger partial charge is 0.476 e. The molecule has 0 saturated carbocycles. The summed E-state index contributed by atoms with van der Waals surface area (Å²) in [6.07, 6.45) is -0.134. The van der Waals surface area contributed by atoms with Crippen molar-refractivity contribution in [2.45, 2.75) is 17.2 Å². The molecule has 1 saturated heterocycles. The highest BCUT2D eigenvalue weighted by atomic mass is 32.2. The Morgan fingerprint density at radius 1 is 1.33 bits per heavy atom. The van der Waals surface area contributed by atoms with Crippen LogP contribution in [0.25, 0.3) is 0 Å². The van der Waals surface area contributed by atoms with Gasteiger partial charge in [-0.25, -0.2) is 4.79 Å². The standard InChI is InChI=1S/C11H13NO5S/c13-10(14)11(8-4-2-1-3-5-8)6-9(7-12-11)18(15,16)17/h1-5,9,12H,6-7H2,(H,13,14)(H,15,16,17)/p+1/t9-,11-/m1/s1. The molecule has 2 atom stereocenters. The number of hydrogen-bond acceptors (Lipinski definition) is 3. The quantitative estimate of drug-likeness (QED) is 0.624. The fourth-order valence-corrected chi connectivity index (χ4v) is 3.17. The molecule has 0 radical (unpaired) electrons. The first-order chi connectivity index (χ1) is 8.36. The van der Waals surface area contributed by atoms with Crippen molar-refractivity contribution in [3.8, 4) is 0 Å². The molecule has 0 amide bonds. The van der Waals surface area contributed by atoms with Crippen LogP contribution in [0.15, 0.2) is 30.3 Å². The lowest BCUT2D eigenvalue weighted by Gasteiger charge is -2.21. The summed E-state index contributed by atoms with van der Waals surface area (Å²) in [6.45, 7) is 0.0417. The molecule has 1 aliphatic heterocycles. The topological polar surface area (TPSA) is 108 Å². The summed E-state index contributed by atoms with van der Waals surface area (Å²) in [4.78, 5) is 11.5. The minimum atomic E-state index is -4.21. The number of quaternary nitrogens is 1. The van der Waals surface area contributed by atoms with Crippen LogP contribution in [0, 0.1) is 0 Å². The minimum absolute atomic E-state index is 0.0417. The zero-order chi connectivity index (χ0) is 13.4. The van der Waals surface area contributed by atoms with Crippen LogP contribution in [0.4, 0.5) is 0 Å². The Balaban J connectivity index is 2.41. The lowest BCUT2D eigenvalue weighted by atomic mass is 9.88. The maximum atomic E-state index is 11.5. The number of hydrogen-bond donors (Lipinski definition) is 3. The molecule has 1 aromatic carbocycles. The summed E-state index contributed by atoms with van der Waals surface area (Å²) >= 11 is 0. The molecule has 6 nitrogen and oxygen atoms in total. The maximum absolute atomic E-state index is 11.5. The molecule has 2 rings (SSSR count). The third kappa shape index (κ3) is 2.12. The molecule has 0 aliphatic carbocycles. The first-order valence-corrected chi connectivity index (χ1v) is 6.96. The Hall–Kier alpha value is -1.44. The van der Waals surface area contributed by atoms with E-state index in [4.69, 9.17) is 4.55 Å². The van der Waals surface area contributed by atoms with Gasteiger partial charge in [-0.1, -0.05) is 30.3 Å². The molecule has 0 unspecified atom stereocenters. The molecule has 1 aromatic rings. The van der Waals surface area contributed by atoms with Gasteiger partial charge in [-0.3, -0.25) is 4.55 Å². The van der Waals surface area contributed by atoms with Crippen LogP contribution in [-0.2, 0) is 20.5 Å². The lowest BCUT2D eigenvalue weighted by Crippen LogP contribution is -2.94. The fraction of sp³-hybridized carbons (Fsp3) is 0.364. The maximum Gasteiger partial charge on any atom is 0.370 e. The van der Waals surface area contributed by atoms with Crippen LogP contribution in [0.1, 0.15) is 12.0 Å². The number of rotatable bonds is 3. The summed E-state index contributed by atoms with van der Waals surface area (Å²) in [5.74, 6) is -1.10. The molecule has 0 bridgehead atoms. The van der Waals surface area contributed by atoms with E-state index >= 15 is 0 Å². The van der Waals surface area contributed by atoms with E-state index < -0.39 is 26.9 Å². The van der Waals surface area contributed by atoms with Gasteiger partial charge in [0, 0.05) is 12.0 Å². The predicted molar refractivity (Wildman–Crippen MR) is 62.5 cm³/mol. The SMILES string of the molecule is O=C(O)[C@]1(c2ccccc2)C[C@@H](S(=O)(=O)O)C[NH2+]1. The highest BCUT2D eigenvalue weighted by Gasteiger charge is 2.54. The third-order valence-electron chi connectivity index (χ3n) is 3.37. The van der Waals surface area contributed by atoms with E-state index in [1.54, 1.807) is 30.3 Å². The van der Waals surface area contributed by atoms with E-state index in [0.717, 1.165) is 0 Å². The van der Waals surface area contributed by atoms with E-state index in [1.807, 2.05) is 0 Å². The van der Waals surface area contributed by atoms with Gasteiger partial charge < -0.3 is 10.4 Å². The van der Waals surface area contributed by atoms with Crippen molar-refractivity contribution >= 4 is 16.1 Å². The zero-order valence-electron chi connectivity index (χ0n) is 9.48. The number of carboxylic acid groups (broad SMARTS) is 1. The van der Waals surface area contributed by atoms with Crippen molar-refractivity contribution in [2.24, 2.45) is 0 Å². The molecular formula is C11H14NO5S+. The highest BCUT2D eigenvalue weighted by Crippen LogP contribution is 2.28. The normalized spacial score (nSPS) is 28.2. The monoisotopic (exact) mass is 272 g/mol. The molecule has 18 heavy (non-hydrogen) atoms. The molecule has 1 heterocycles. The van der Waals surface area contributed by atoms with Crippen molar-refractivity contribution < 1.29 is 28.2 Å². The van der Waals surface area contributed by atoms with Gasteiger partial charge in [-0.15, -0.1) is 0 Å². The second kappa shape index (κ2) is 4.34. The van der Waals surface area contributed by atoms with Crippen molar-refractivity contribution in [3.05, 3.63) is 35.9 Å². The molecule has 98 valence electrons. The summed E-state index contributed by atoms with van der Waals surface area (Å²) < 4.78 is 31.3. The van der Waals surface area contributed by atoms with E-state index in [1.165, 1.54) is 5.32 Å². The Bertz CT molecular complexity index is 556. The Labute approximate surface area is 104 Å². The van der Waals surface area contributed by atoms with Crippen LogP contribution in [-0.4, -0.2) is 35.8 Å². The van der Waals surface area contributed by atoms with Crippen molar-refractivity contribution in [1.82, 2.24) is 0 Å². The van der Waals surface area contributed by atoms with Gasteiger partial charge in [0.05, 0.1) is 6.54 Å². The number of carbonyl (C=O) groups is 1. The number of nitrogens with two attached hydrogens (primary N) is 1. The van der Waals surface area contributed by atoms with Gasteiger partial charge in [0.15, 0.2) is 0 Å². The fourth-order valence-electron chi connectivity index (χ4n) is 2.35. The average molecular weight is 272 g/mol. The first kappa shape index (κ1) is 13.0. The second-order valence-electron chi connectivity index (χ2n) is 4.42. The van der Waals surface area contributed by atoms with Crippen molar-refractivity contribution in [2.75, 3.05) is 6.54 Å². The Morgan fingerprint density at radius 3 is 2.39 bits per heavy atom. The van der Waals surface area contributed by atoms with Crippen LogP contribution in [0.5, 0.6) is 0 Å². The van der Waals surface area contributed by atoms with Crippen LogP contribution in [0.3, 0.4) is 0 Å². The number of carboxylic acids is 1. The smallest absolute Gasteiger partial charge is 0.370 e. The lowest BCUT2D eigenvalue weighted by molar-refractivity contribution is -0.702. The minimum Gasteiger partial charge on any atom is -0.476 e. The summed E-state index contributed by atoms with van der Waals surface area (Å²) in [7, 11) is -4.21. The van der Waals surface area contributed by atoms with Gasteiger partial charge in [0.1, 0.15) is 5.25 Å². The van der Waals surface area contributed by atoms with Gasteiger partial charge in [0.25, 0.3) is 10.1 Å². The molecule has 1 aliphatic rings. The summed E-state index contributed by atoms with van der Waals surface area (Å²) in [5, 5.41) is 9.81. The molecule has 7 heteroatoms. The summed E-state index contributed by atoms with van der Waals surface area (Å²) in [6, 6.07) is 8.46. The van der Waals surface area contributed by atoms with Crippen LogP contribution >= 0.6 is 0 Å². The molecular weight excluding hydrogens is 258 g/mol. The van der Waals surface area contributed by atoms with Gasteiger partial charge >= 0.3 is 5.97 Å². The van der Waals surface area contributed by atoms with Crippen LogP contribution in [0.2, 0.25) is 0 Å². The van der Waals surface area contributed by atoms with Gasteiger partial charge in [0.2, 0.25) is 5.54 Å². The molecule has 0 aromatic heterocycles. The number of benzene rings is 1. The van der Waals surface area contributed by atoms with E-state index in [-0.39, 0.29) is 13.0 Å². The molecule has 4 N–H and O–H groups in total. The highest BCUT2D eigenvalue weighted by molar-refractivity contribution is 7.86. The Morgan fingerprint density at radius 2 is 1.94 bits per heavy atom. The van der Waals surface area contributed by atoms with E-state index in [0.29, 0.717) is 5.56 Å². The van der Waals surface area contributed by atoms with E-state index in [9.17, 15) is 18.3 Å².